The van der Waals surface area contributed by atoms with Gasteiger partial charge < -0.3 is 9.30 Å². The van der Waals surface area contributed by atoms with Crippen molar-refractivity contribution in [1.82, 2.24) is 9.55 Å². The number of rotatable bonds is 5. The van der Waals surface area contributed by atoms with E-state index in [-0.39, 0.29) is 12.0 Å². The van der Waals surface area contributed by atoms with Crippen molar-refractivity contribution in [1.29, 1.82) is 0 Å². The fourth-order valence-electron chi connectivity index (χ4n) is 2.43. The highest BCUT2D eigenvalue weighted by atomic mass is 16.5. The molecule has 2 aromatic rings. The van der Waals surface area contributed by atoms with Crippen molar-refractivity contribution in [3.63, 3.8) is 0 Å². The number of fused-ring (bicyclic) bond motifs is 1. The first-order valence-corrected chi connectivity index (χ1v) is 6.76. The minimum atomic E-state index is -0.293. The number of imidazole rings is 1. The molecule has 1 aromatic carbocycles. The molecule has 1 aromatic heterocycles. The number of ether oxygens (including phenoxy) is 1. The van der Waals surface area contributed by atoms with Gasteiger partial charge in [-0.05, 0) is 25.0 Å². The average molecular weight is 260 g/mol. The second kappa shape index (κ2) is 5.87. The van der Waals surface area contributed by atoms with E-state index in [0.717, 1.165) is 29.7 Å². The van der Waals surface area contributed by atoms with Crippen molar-refractivity contribution in [2.45, 2.75) is 39.2 Å². The van der Waals surface area contributed by atoms with Gasteiger partial charge in [0, 0.05) is 6.42 Å². The van der Waals surface area contributed by atoms with Gasteiger partial charge in [0.15, 0.2) is 0 Å². The van der Waals surface area contributed by atoms with Gasteiger partial charge in [-0.1, -0.05) is 26.0 Å². The summed E-state index contributed by atoms with van der Waals surface area (Å²) in [6.45, 7) is 4.11. The van der Waals surface area contributed by atoms with Crippen molar-refractivity contribution in [2.75, 3.05) is 7.11 Å². The standard InChI is InChI=1S/C15H20N2O2/c1-4-8-14-16-11-9-6-7-10-13(11)17(14)12(5-2)15(18)19-3/h6-7,9-10,12H,4-5,8H2,1-3H3. The number of aryl methyl sites for hydroxylation is 1. The van der Waals surface area contributed by atoms with E-state index < -0.39 is 0 Å². The molecule has 2 rings (SSSR count). The minimum absolute atomic E-state index is 0.206. The average Bonchev–Trinajstić information content (AvgIpc) is 2.78. The molecule has 1 unspecified atom stereocenters. The number of benzene rings is 1. The molecular formula is C15H20N2O2. The highest BCUT2D eigenvalue weighted by molar-refractivity contribution is 5.81. The van der Waals surface area contributed by atoms with Crippen LogP contribution >= 0.6 is 0 Å². The maximum absolute atomic E-state index is 12.0. The number of aromatic nitrogens is 2. The fourth-order valence-corrected chi connectivity index (χ4v) is 2.43. The van der Waals surface area contributed by atoms with Gasteiger partial charge in [-0.15, -0.1) is 0 Å². The van der Waals surface area contributed by atoms with Crippen molar-refractivity contribution in [2.24, 2.45) is 0 Å². The van der Waals surface area contributed by atoms with Crippen LogP contribution in [0.25, 0.3) is 11.0 Å². The quantitative estimate of drug-likeness (QED) is 0.776. The first kappa shape index (κ1) is 13.6. The molecule has 0 aliphatic heterocycles. The van der Waals surface area contributed by atoms with Crippen molar-refractivity contribution >= 4 is 17.0 Å². The fraction of sp³-hybridized carbons (Fsp3) is 0.467. The predicted octanol–water partition coefficient (Wildman–Crippen LogP) is 3.11. The third-order valence-corrected chi connectivity index (χ3v) is 3.31. The van der Waals surface area contributed by atoms with E-state index >= 15 is 0 Å². The number of esters is 1. The summed E-state index contributed by atoms with van der Waals surface area (Å²) in [6.07, 6.45) is 2.56. The Labute approximate surface area is 113 Å². The molecule has 0 aliphatic rings. The normalized spacial score (nSPS) is 12.6. The van der Waals surface area contributed by atoms with E-state index in [1.54, 1.807) is 0 Å². The van der Waals surface area contributed by atoms with E-state index in [2.05, 4.69) is 11.9 Å². The molecule has 4 nitrogen and oxygen atoms in total. The van der Waals surface area contributed by atoms with Gasteiger partial charge in [-0.3, -0.25) is 0 Å². The van der Waals surface area contributed by atoms with E-state index in [4.69, 9.17) is 4.74 Å². The monoisotopic (exact) mass is 260 g/mol. The van der Waals surface area contributed by atoms with Crippen LogP contribution in [0.15, 0.2) is 24.3 Å². The Balaban J connectivity index is 2.60. The van der Waals surface area contributed by atoms with Gasteiger partial charge in [0.2, 0.25) is 0 Å². The summed E-state index contributed by atoms with van der Waals surface area (Å²) in [5.41, 5.74) is 1.94. The first-order chi connectivity index (χ1) is 9.22. The molecule has 0 fully saturated rings. The molecule has 0 N–H and O–H groups in total. The molecule has 0 amide bonds. The summed E-state index contributed by atoms with van der Waals surface area (Å²) in [4.78, 5) is 16.6. The van der Waals surface area contributed by atoms with E-state index in [9.17, 15) is 4.79 Å². The maximum Gasteiger partial charge on any atom is 0.328 e. The van der Waals surface area contributed by atoms with Crippen LogP contribution in [0.2, 0.25) is 0 Å². The summed E-state index contributed by atoms with van der Waals surface area (Å²) < 4.78 is 6.95. The lowest BCUT2D eigenvalue weighted by molar-refractivity contribution is -0.144. The minimum Gasteiger partial charge on any atom is -0.467 e. The zero-order valence-corrected chi connectivity index (χ0v) is 11.7. The molecule has 0 saturated carbocycles. The van der Waals surface area contributed by atoms with Gasteiger partial charge in [0.05, 0.1) is 18.1 Å². The number of hydrogen-bond acceptors (Lipinski definition) is 3. The van der Waals surface area contributed by atoms with Crippen molar-refractivity contribution in [3.8, 4) is 0 Å². The number of carbonyl (C=O) groups excluding carboxylic acids is 1. The second-order valence-corrected chi connectivity index (χ2v) is 4.58. The number of para-hydroxylation sites is 2. The van der Waals surface area contributed by atoms with Gasteiger partial charge in [0.1, 0.15) is 11.9 Å². The lowest BCUT2D eigenvalue weighted by atomic mass is 10.2. The van der Waals surface area contributed by atoms with E-state index in [1.807, 2.05) is 35.8 Å². The smallest absolute Gasteiger partial charge is 0.328 e. The Bertz CT molecular complexity index is 575. The third-order valence-electron chi connectivity index (χ3n) is 3.31. The Morgan fingerprint density at radius 2 is 2.11 bits per heavy atom. The summed E-state index contributed by atoms with van der Waals surface area (Å²) in [5, 5.41) is 0. The molecule has 0 saturated heterocycles. The van der Waals surface area contributed by atoms with Gasteiger partial charge in [-0.2, -0.15) is 0 Å². The van der Waals surface area contributed by atoms with E-state index in [1.165, 1.54) is 7.11 Å². The molecule has 0 aliphatic carbocycles. The molecule has 102 valence electrons. The Morgan fingerprint density at radius 1 is 1.37 bits per heavy atom. The maximum atomic E-state index is 12.0. The largest absolute Gasteiger partial charge is 0.467 e. The number of carbonyl (C=O) groups is 1. The van der Waals surface area contributed by atoms with Gasteiger partial charge >= 0.3 is 5.97 Å². The lowest BCUT2D eigenvalue weighted by Gasteiger charge is -2.18. The molecule has 19 heavy (non-hydrogen) atoms. The summed E-state index contributed by atoms with van der Waals surface area (Å²) in [6, 6.07) is 7.63. The molecule has 0 bridgehead atoms. The van der Waals surface area contributed by atoms with Gasteiger partial charge in [-0.25, -0.2) is 9.78 Å². The molecule has 1 heterocycles. The summed E-state index contributed by atoms with van der Waals surface area (Å²) in [5.74, 6) is 0.754. The number of nitrogens with zero attached hydrogens (tertiary/aromatic N) is 2. The number of methoxy groups -OCH3 is 1. The van der Waals surface area contributed by atoms with Crippen LogP contribution in [0.3, 0.4) is 0 Å². The van der Waals surface area contributed by atoms with E-state index in [0.29, 0.717) is 6.42 Å². The SMILES string of the molecule is CCCc1nc2ccccc2n1C(CC)C(=O)OC. The number of hydrogen-bond donors (Lipinski definition) is 0. The van der Waals surface area contributed by atoms with Crippen LogP contribution in [0.1, 0.15) is 38.6 Å². The van der Waals surface area contributed by atoms with Crippen LogP contribution in [0.4, 0.5) is 0 Å². The molecule has 1 atom stereocenters. The zero-order chi connectivity index (χ0) is 13.8. The molecule has 4 heteroatoms. The van der Waals surface area contributed by atoms with Crippen molar-refractivity contribution in [3.05, 3.63) is 30.1 Å². The Morgan fingerprint density at radius 3 is 2.74 bits per heavy atom. The van der Waals surface area contributed by atoms with Crippen molar-refractivity contribution < 1.29 is 9.53 Å². The molecule has 0 spiro atoms. The summed E-state index contributed by atoms with van der Waals surface area (Å²) >= 11 is 0. The van der Waals surface area contributed by atoms with Crippen LogP contribution in [0.5, 0.6) is 0 Å². The Hall–Kier alpha value is -1.84. The van der Waals surface area contributed by atoms with Crippen LogP contribution in [-0.4, -0.2) is 22.6 Å². The summed E-state index contributed by atoms with van der Waals surface area (Å²) in [7, 11) is 1.43. The second-order valence-electron chi connectivity index (χ2n) is 4.58. The topological polar surface area (TPSA) is 44.1 Å². The third kappa shape index (κ3) is 2.48. The van der Waals surface area contributed by atoms with Crippen LogP contribution in [-0.2, 0) is 16.0 Å². The first-order valence-electron chi connectivity index (χ1n) is 6.76. The van der Waals surface area contributed by atoms with Gasteiger partial charge in [0.25, 0.3) is 0 Å². The molecule has 0 radical (unpaired) electrons. The Kier molecular flexibility index (Phi) is 4.20. The lowest BCUT2D eigenvalue weighted by Crippen LogP contribution is -2.22. The highest BCUT2D eigenvalue weighted by Gasteiger charge is 2.24. The zero-order valence-electron chi connectivity index (χ0n) is 11.7. The highest BCUT2D eigenvalue weighted by Crippen LogP contribution is 2.25. The van der Waals surface area contributed by atoms with Crippen LogP contribution < -0.4 is 0 Å². The van der Waals surface area contributed by atoms with Crippen LogP contribution in [0, 0.1) is 0 Å². The molecular weight excluding hydrogens is 240 g/mol. The predicted molar refractivity (Wildman–Crippen MR) is 75.1 cm³/mol.